The van der Waals surface area contributed by atoms with Gasteiger partial charge in [0.1, 0.15) is 6.61 Å². The van der Waals surface area contributed by atoms with Gasteiger partial charge in [-0.3, -0.25) is 4.79 Å². The molecule has 1 aliphatic carbocycles. The molecular formula is C21H24F4N2O4. The molecule has 4 rings (SSSR count). The van der Waals surface area contributed by atoms with Gasteiger partial charge in [0.05, 0.1) is 17.2 Å². The van der Waals surface area contributed by atoms with Gasteiger partial charge in [0.2, 0.25) is 5.91 Å². The SMILES string of the molecule is CC(Oc1ccc(C(F)(F)F)cc1F)C1CCN(C(=O)[C@H]2C[C@@]3(COC(=O)N3)C2)CC1. The molecule has 3 aliphatic rings. The number of benzene rings is 1. The number of cyclic esters (lactones) is 1. The fourth-order valence-electron chi connectivity index (χ4n) is 4.69. The molecule has 2 saturated heterocycles. The largest absolute Gasteiger partial charge is 0.487 e. The predicted molar refractivity (Wildman–Crippen MR) is 101 cm³/mol. The fraction of sp³-hybridized carbons (Fsp3) is 0.619. The molecule has 0 aromatic heterocycles. The molecule has 0 bridgehead atoms. The normalized spacial score (nSPS) is 27.5. The van der Waals surface area contributed by atoms with Gasteiger partial charge in [0.15, 0.2) is 11.6 Å². The van der Waals surface area contributed by atoms with E-state index in [-0.39, 0.29) is 23.5 Å². The van der Waals surface area contributed by atoms with Crippen LogP contribution in [-0.4, -0.2) is 48.2 Å². The van der Waals surface area contributed by atoms with Crippen LogP contribution >= 0.6 is 0 Å². The van der Waals surface area contributed by atoms with Gasteiger partial charge in [0.25, 0.3) is 0 Å². The molecule has 1 N–H and O–H groups in total. The molecule has 1 atom stereocenters. The number of nitrogens with one attached hydrogen (secondary N) is 1. The van der Waals surface area contributed by atoms with E-state index in [1.54, 1.807) is 11.8 Å². The number of carbonyl (C=O) groups is 2. The Morgan fingerprint density at radius 2 is 1.97 bits per heavy atom. The minimum absolute atomic E-state index is 0.0565. The summed E-state index contributed by atoms with van der Waals surface area (Å²) in [5.41, 5.74) is -1.46. The number of alkyl carbamates (subject to hydrolysis) is 1. The number of likely N-dealkylation sites (tertiary alicyclic amines) is 1. The number of amides is 2. The number of nitrogens with zero attached hydrogens (tertiary/aromatic N) is 1. The summed E-state index contributed by atoms with van der Waals surface area (Å²) in [7, 11) is 0. The van der Waals surface area contributed by atoms with Crippen LogP contribution in [0.1, 0.15) is 38.2 Å². The maximum absolute atomic E-state index is 14.0. The summed E-state index contributed by atoms with van der Waals surface area (Å²) in [6.07, 6.45) is -2.99. The standard InChI is InChI=1S/C21H24F4N2O4/c1-12(31-17-3-2-15(8-16(17)22)21(23,24)25)13-4-6-27(7-5-13)18(28)14-9-20(10-14)11-30-19(29)26-20/h2-3,8,12-14H,4-7,9-11H2,1H3,(H,26,29)/t12?,14-,20-. The van der Waals surface area contributed by atoms with Crippen molar-refractivity contribution in [3.05, 3.63) is 29.6 Å². The molecule has 1 aromatic rings. The minimum Gasteiger partial charge on any atom is -0.487 e. The summed E-state index contributed by atoms with van der Waals surface area (Å²) in [5, 5.41) is 2.77. The molecule has 1 spiro atoms. The number of halogens is 4. The summed E-state index contributed by atoms with van der Waals surface area (Å²) in [6, 6.07) is 2.24. The quantitative estimate of drug-likeness (QED) is 0.719. The van der Waals surface area contributed by atoms with Crippen molar-refractivity contribution in [2.45, 2.75) is 50.4 Å². The number of carbonyl (C=O) groups excluding carboxylic acids is 2. The van der Waals surface area contributed by atoms with Gasteiger partial charge in [-0.25, -0.2) is 9.18 Å². The Morgan fingerprint density at radius 3 is 2.52 bits per heavy atom. The molecule has 1 unspecified atom stereocenters. The van der Waals surface area contributed by atoms with Crippen molar-refractivity contribution in [2.75, 3.05) is 19.7 Å². The summed E-state index contributed by atoms with van der Waals surface area (Å²) in [5.74, 6) is -1.27. The lowest BCUT2D eigenvalue weighted by atomic mass is 9.68. The maximum Gasteiger partial charge on any atom is 0.416 e. The second kappa shape index (κ2) is 7.87. The van der Waals surface area contributed by atoms with Gasteiger partial charge >= 0.3 is 12.3 Å². The third-order valence-corrected chi connectivity index (χ3v) is 6.56. The Labute approximate surface area is 176 Å². The van der Waals surface area contributed by atoms with Crippen LogP contribution in [0.5, 0.6) is 5.75 Å². The van der Waals surface area contributed by atoms with E-state index in [0.29, 0.717) is 51.4 Å². The Morgan fingerprint density at radius 1 is 1.29 bits per heavy atom. The lowest BCUT2D eigenvalue weighted by Crippen LogP contribution is -2.58. The molecule has 2 aliphatic heterocycles. The van der Waals surface area contributed by atoms with E-state index in [0.717, 1.165) is 12.1 Å². The van der Waals surface area contributed by atoms with Crippen LogP contribution in [0.25, 0.3) is 0 Å². The maximum atomic E-state index is 14.0. The van der Waals surface area contributed by atoms with E-state index in [4.69, 9.17) is 9.47 Å². The third-order valence-electron chi connectivity index (χ3n) is 6.56. The Balaban J connectivity index is 1.26. The third kappa shape index (κ3) is 4.43. The molecule has 10 heteroatoms. The number of hydrogen-bond donors (Lipinski definition) is 1. The second-order valence-electron chi connectivity index (χ2n) is 8.72. The van der Waals surface area contributed by atoms with E-state index in [1.165, 1.54) is 0 Å². The summed E-state index contributed by atoms with van der Waals surface area (Å²) < 4.78 is 62.6. The van der Waals surface area contributed by atoms with Crippen molar-refractivity contribution in [1.82, 2.24) is 10.2 Å². The molecule has 2 amide bonds. The van der Waals surface area contributed by atoms with E-state index < -0.39 is 35.3 Å². The first-order valence-electron chi connectivity index (χ1n) is 10.3. The molecule has 170 valence electrons. The number of hydrogen-bond acceptors (Lipinski definition) is 4. The molecule has 0 radical (unpaired) electrons. The average molecular weight is 444 g/mol. The fourth-order valence-corrected chi connectivity index (χ4v) is 4.69. The highest BCUT2D eigenvalue weighted by Crippen LogP contribution is 2.42. The van der Waals surface area contributed by atoms with Crippen LogP contribution in [0.4, 0.5) is 22.4 Å². The van der Waals surface area contributed by atoms with Gasteiger partial charge in [-0.05, 0) is 56.7 Å². The molecule has 1 aromatic carbocycles. The minimum atomic E-state index is -4.61. The molecule has 1 saturated carbocycles. The van der Waals surface area contributed by atoms with E-state index >= 15 is 0 Å². The smallest absolute Gasteiger partial charge is 0.416 e. The van der Waals surface area contributed by atoms with Crippen LogP contribution < -0.4 is 10.1 Å². The molecule has 3 fully saturated rings. The van der Waals surface area contributed by atoms with Crippen molar-refractivity contribution in [1.29, 1.82) is 0 Å². The summed E-state index contributed by atoms with van der Waals surface area (Å²) in [6.45, 7) is 3.14. The Kier molecular flexibility index (Phi) is 5.51. The van der Waals surface area contributed by atoms with Gasteiger partial charge in [0, 0.05) is 19.0 Å². The lowest BCUT2D eigenvalue weighted by molar-refractivity contribution is -0.143. The first-order valence-corrected chi connectivity index (χ1v) is 10.3. The first kappa shape index (κ1) is 21.7. The zero-order chi connectivity index (χ0) is 22.4. The summed E-state index contributed by atoms with van der Waals surface area (Å²) in [4.78, 5) is 25.8. The average Bonchev–Trinajstić information content (AvgIpc) is 3.09. The molecule has 2 heterocycles. The molecular weight excluding hydrogens is 420 g/mol. The number of piperidine rings is 1. The highest BCUT2D eigenvalue weighted by atomic mass is 19.4. The van der Waals surface area contributed by atoms with Crippen molar-refractivity contribution >= 4 is 12.0 Å². The van der Waals surface area contributed by atoms with Gasteiger partial charge in [-0.1, -0.05) is 0 Å². The highest BCUT2D eigenvalue weighted by molar-refractivity contribution is 5.81. The topological polar surface area (TPSA) is 67.9 Å². The molecule has 31 heavy (non-hydrogen) atoms. The zero-order valence-corrected chi connectivity index (χ0v) is 17.0. The van der Waals surface area contributed by atoms with Crippen LogP contribution in [-0.2, 0) is 15.7 Å². The number of alkyl halides is 3. The number of ether oxygens (including phenoxy) is 2. The highest BCUT2D eigenvalue weighted by Gasteiger charge is 2.53. The van der Waals surface area contributed by atoms with Gasteiger partial charge < -0.3 is 19.7 Å². The Hall–Kier alpha value is -2.52. The van der Waals surface area contributed by atoms with Crippen molar-refractivity contribution in [2.24, 2.45) is 11.8 Å². The van der Waals surface area contributed by atoms with Crippen molar-refractivity contribution in [3.8, 4) is 5.75 Å². The lowest BCUT2D eigenvalue weighted by Gasteiger charge is -2.45. The van der Waals surface area contributed by atoms with Crippen LogP contribution in [0.2, 0.25) is 0 Å². The van der Waals surface area contributed by atoms with E-state index in [2.05, 4.69) is 5.32 Å². The van der Waals surface area contributed by atoms with Crippen molar-refractivity contribution < 1.29 is 36.6 Å². The molecule has 6 nitrogen and oxygen atoms in total. The van der Waals surface area contributed by atoms with Gasteiger partial charge in [-0.2, -0.15) is 13.2 Å². The van der Waals surface area contributed by atoms with E-state index in [9.17, 15) is 27.2 Å². The van der Waals surface area contributed by atoms with Crippen LogP contribution in [0, 0.1) is 17.7 Å². The zero-order valence-electron chi connectivity index (χ0n) is 17.0. The second-order valence-corrected chi connectivity index (χ2v) is 8.72. The summed E-state index contributed by atoms with van der Waals surface area (Å²) >= 11 is 0. The predicted octanol–water partition coefficient (Wildman–Crippen LogP) is 3.74. The monoisotopic (exact) mass is 444 g/mol. The van der Waals surface area contributed by atoms with Gasteiger partial charge in [-0.15, -0.1) is 0 Å². The van der Waals surface area contributed by atoms with Crippen LogP contribution in [0.15, 0.2) is 18.2 Å². The first-order chi connectivity index (χ1) is 14.6. The van der Waals surface area contributed by atoms with E-state index in [1.807, 2.05) is 0 Å². The van der Waals surface area contributed by atoms with Crippen molar-refractivity contribution in [3.63, 3.8) is 0 Å². The van der Waals surface area contributed by atoms with Crippen LogP contribution in [0.3, 0.4) is 0 Å². The Bertz CT molecular complexity index is 861. The number of rotatable bonds is 4.